The summed E-state index contributed by atoms with van der Waals surface area (Å²) in [4.78, 5) is 13.1. The van der Waals surface area contributed by atoms with Crippen LogP contribution in [0.2, 0.25) is 0 Å². The van der Waals surface area contributed by atoms with Crippen molar-refractivity contribution in [1.82, 2.24) is 4.90 Å². The normalized spacial score (nSPS) is 21.2. The van der Waals surface area contributed by atoms with Crippen molar-refractivity contribution in [2.24, 2.45) is 0 Å². The third-order valence-electron chi connectivity index (χ3n) is 2.95. The highest BCUT2D eigenvalue weighted by Gasteiger charge is 2.29. The molecule has 1 fully saturated rings. The molecule has 0 aromatic heterocycles. The van der Waals surface area contributed by atoms with Crippen molar-refractivity contribution in [3.05, 3.63) is 33.4 Å². The van der Waals surface area contributed by atoms with Crippen molar-refractivity contribution in [3.63, 3.8) is 0 Å². The molecular weight excluding hydrogens is 317 g/mol. The van der Waals surface area contributed by atoms with E-state index >= 15 is 0 Å². The van der Waals surface area contributed by atoms with Crippen LogP contribution in [0.5, 0.6) is 0 Å². The lowest BCUT2D eigenvalue weighted by Crippen LogP contribution is -2.35. The molecule has 16 heavy (non-hydrogen) atoms. The quantitative estimate of drug-likeness (QED) is 0.865. The number of carboxylic acids is 1. The van der Waals surface area contributed by atoms with Gasteiger partial charge in [0.25, 0.3) is 0 Å². The molecule has 3 nitrogen and oxygen atoms in total. The van der Waals surface area contributed by atoms with E-state index in [9.17, 15) is 4.79 Å². The van der Waals surface area contributed by atoms with Gasteiger partial charge in [0, 0.05) is 10.1 Å². The maximum absolute atomic E-state index is 11.0. The molecule has 0 aliphatic carbocycles. The van der Waals surface area contributed by atoms with E-state index in [2.05, 4.69) is 46.9 Å². The first-order chi connectivity index (χ1) is 7.66. The minimum absolute atomic E-state index is 0.292. The van der Waals surface area contributed by atoms with Gasteiger partial charge in [-0.25, -0.2) is 0 Å². The Bertz CT molecular complexity index is 377. The Balaban J connectivity index is 2.03. The van der Waals surface area contributed by atoms with E-state index in [-0.39, 0.29) is 6.04 Å². The SMILES string of the molecule is O=C(O)[C@H]1CCCN1Cc1ccc(I)cc1. The first-order valence-corrected chi connectivity index (χ1v) is 6.46. The molecule has 0 unspecified atom stereocenters. The smallest absolute Gasteiger partial charge is 0.320 e. The number of carbonyl (C=O) groups is 1. The van der Waals surface area contributed by atoms with E-state index in [0.29, 0.717) is 0 Å². The van der Waals surface area contributed by atoms with Crippen molar-refractivity contribution in [3.8, 4) is 0 Å². The lowest BCUT2D eigenvalue weighted by Gasteiger charge is -2.20. The predicted molar refractivity (Wildman–Crippen MR) is 70.2 cm³/mol. The molecular formula is C12H14INO2. The molecule has 1 N–H and O–H groups in total. The molecule has 1 aliphatic rings. The number of halogens is 1. The van der Waals surface area contributed by atoms with Gasteiger partial charge in [0.2, 0.25) is 0 Å². The first-order valence-electron chi connectivity index (χ1n) is 5.38. The Kier molecular flexibility index (Phi) is 3.81. The Morgan fingerprint density at radius 2 is 2.12 bits per heavy atom. The lowest BCUT2D eigenvalue weighted by atomic mass is 10.2. The summed E-state index contributed by atoms with van der Waals surface area (Å²) in [5.41, 5.74) is 1.19. The van der Waals surface area contributed by atoms with Gasteiger partial charge in [-0.2, -0.15) is 0 Å². The molecule has 0 amide bonds. The fraction of sp³-hybridized carbons (Fsp3) is 0.417. The summed E-state index contributed by atoms with van der Waals surface area (Å²) >= 11 is 2.27. The van der Waals surface area contributed by atoms with Crippen LogP contribution >= 0.6 is 22.6 Å². The van der Waals surface area contributed by atoms with Gasteiger partial charge in [0.05, 0.1) is 0 Å². The van der Waals surface area contributed by atoms with E-state index < -0.39 is 5.97 Å². The third-order valence-corrected chi connectivity index (χ3v) is 3.67. The Morgan fingerprint density at radius 3 is 2.75 bits per heavy atom. The fourth-order valence-corrected chi connectivity index (χ4v) is 2.48. The Morgan fingerprint density at radius 1 is 1.44 bits per heavy atom. The summed E-state index contributed by atoms with van der Waals surface area (Å²) in [6, 6.07) is 7.96. The number of likely N-dealkylation sites (tertiary alicyclic amines) is 1. The molecule has 0 spiro atoms. The topological polar surface area (TPSA) is 40.5 Å². The van der Waals surface area contributed by atoms with Gasteiger partial charge >= 0.3 is 5.97 Å². The van der Waals surface area contributed by atoms with Gasteiger partial charge in [0.15, 0.2) is 0 Å². The summed E-state index contributed by atoms with van der Waals surface area (Å²) in [5.74, 6) is -0.692. The van der Waals surface area contributed by atoms with Crippen LogP contribution in [-0.4, -0.2) is 28.6 Å². The van der Waals surface area contributed by atoms with E-state index in [4.69, 9.17) is 5.11 Å². The number of aliphatic carboxylic acids is 1. The summed E-state index contributed by atoms with van der Waals surface area (Å²) in [6.45, 7) is 1.64. The number of hydrogen-bond donors (Lipinski definition) is 1. The maximum Gasteiger partial charge on any atom is 0.320 e. The van der Waals surface area contributed by atoms with Crippen LogP contribution in [0.1, 0.15) is 18.4 Å². The second-order valence-electron chi connectivity index (χ2n) is 4.09. The van der Waals surface area contributed by atoms with E-state index in [1.807, 2.05) is 4.90 Å². The van der Waals surface area contributed by atoms with E-state index in [1.165, 1.54) is 9.13 Å². The van der Waals surface area contributed by atoms with Gasteiger partial charge in [-0.3, -0.25) is 9.69 Å². The Labute approximate surface area is 109 Å². The van der Waals surface area contributed by atoms with Gasteiger partial charge < -0.3 is 5.11 Å². The van der Waals surface area contributed by atoms with Gasteiger partial charge in [0.1, 0.15) is 6.04 Å². The van der Waals surface area contributed by atoms with Crippen LogP contribution in [0.4, 0.5) is 0 Å². The second-order valence-corrected chi connectivity index (χ2v) is 5.34. The third kappa shape index (κ3) is 2.74. The van der Waals surface area contributed by atoms with Gasteiger partial charge in [-0.1, -0.05) is 12.1 Å². The largest absolute Gasteiger partial charge is 0.480 e. The molecule has 1 heterocycles. The number of benzene rings is 1. The van der Waals surface area contributed by atoms with Crippen LogP contribution in [0.15, 0.2) is 24.3 Å². The average Bonchev–Trinajstić information content (AvgIpc) is 2.69. The summed E-state index contributed by atoms with van der Waals surface area (Å²) in [7, 11) is 0. The monoisotopic (exact) mass is 331 g/mol. The minimum Gasteiger partial charge on any atom is -0.480 e. The van der Waals surface area contributed by atoms with Crippen molar-refractivity contribution in [1.29, 1.82) is 0 Å². The highest BCUT2D eigenvalue weighted by atomic mass is 127. The molecule has 1 aliphatic heterocycles. The fourth-order valence-electron chi connectivity index (χ4n) is 2.12. The molecule has 1 aromatic carbocycles. The zero-order chi connectivity index (χ0) is 11.5. The summed E-state index contributed by atoms with van der Waals surface area (Å²) in [5, 5.41) is 9.06. The lowest BCUT2D eigenvalue weighted by molar-refractivity contribution is -0.142. The van der Waals surface area contributed by atoms with Crippen molar-refractivity contribution in [2.45, 2.75) is 25.4 Å². The minimum atomic E-state index is -0.692. The van der Waals surface area contributed by atoms with Crippen molar-refractivity contribution < 1.29 is 9.90 Å². The molecule has 0 radical (unpaired) electrons. The molecule has 0 saturated carbocycles. The van der Waals surface area contributed by atoms with Gasteiger partial charge in [-0.15, -0.1) is 0 Å². The standard InChI is InChI=1S/C12H14INO2/c13-10-5-3-9(4-6-10)8-14-7-1-2-11(14)12(15)16/h3-6,11H,1-2,7-8H2,(H,15,16)/t11-/m1/s1. The second kappa shape index (κ2) is 5.14. The summed E-state index contributed by atoms with van der Waals surface area (Å²) in [6.07, 6.45) is 1.76. The average molecular weight is 331 g/mol. The van der Waals surface area contributed by atoms with Crippen LogP contribution in [0.25, 0.3) is 0 Å². The molecule has 1 atom stereocenters. The first kappa shape index (κ1) is 11.9. The molecule has 4 heteroatoms. The molecule has 2 rings (SSSR count). The number of hydrogen-bond acceptors (Lipinski definition) is 2. The van der Waals surface area contributed by atoms with Crippen molar-refractivity contribution >= 4 is 28.6 Å². The molecule has 1 saturated heterocycles. The molecule has 86 valence electrons. The number of nitrogens with zero attached hydrogens (tertiary/aromatic N) is 1. The zero-order valence-corrected chi connectivity index (χ0v) is 11.1. The van der Waals surface area contributed by atoms with E-state index in [0.717, 1.165) is 25.9 Å². The highest BCUT2D eigenvalue weighted by molar-refractivity contribution is 14.1. The number of rotatable bonds is 3. The van der Waals surface area contributed by atoms with Crippen LogP contribution in [-0.2, 0) is 11.3 Å². The van der Waals surface area contributed by atoms with E-state index in [1.54, 1.807) is 0 Å². The van der Waals surface area contributed by atoms with Crippen LogP contribution < -0.4 is 0 Å². The number of carboxylic acid groups (broad SMARTS) is 1. The molecule has 0 bridgehead atoms. The van der Waals surface area contributed by atoms with Crippen LogP contribution in [0, 0.1) is 3.57 Å². The van der Waals surface area contributed by atoms with Crippen molar-refractivity contribution in [2.75, 3.05) is 6.54 Å². The predicted octanol–water partition coefficient (Wildman–Crippen LogP) is 2.34. The Hall–Kier alpha value is -0.620. The zero-order valence-electron chi connectivity index (χ0n) is 8.90. The maximum atomic E-state index is 11.0. The van der Waals surface area contributed by atoms with Crippen LogP contribution in [0.3, 0.4) is 0 Å². The summed E-state index contributed by atoms with van der Waals surface area (Å²) < 4.78 is 1.21. The van der Waals surface area contributed by atoms with Gasteiger partial charge in [-0.05, 0) is 59.7 Å². The highest BCUT2D eigenvalue weighted by Crippen LogP contribution is 2.20. The molecule has 1 aromatic rings.